The number of hydrogen-bond donors (Lipinski definition) is 1. The second kappa shape index (κ2) is 8.26. The summed E-state index contributed by atoms with van der Waals surface area (Å²) in [5.74, 6) is 0. The molecule has 0 aliphatic carbocycles. The lowest BCUT2D eigenvalue weighted by atomic mass is 10.2. The van der Waals surface area contributed by atoms with Crippen LogP contribution in [0.1, 0.15) is 12.0 Å². The number of rotatable bonds is 5. The molecule has 0 radical (unpaired) electrons. The number of nitrogens with zero attached hydrogens (tertiary/aromatic N) is 2. The SMILES string of the molecule is C[NH+]1C=CN(CCCN=Cc2ccccc2)C1.[I-]. The van der Waals surface area contributed by atoms with E-state index in [0.29, 0.717) is 0 Å². The molecule has 0 spiro atoms. The van der Waals surface area contributed by atoms with Gasteiger partial charge in [0.15, 0.2) is 6.67 Å². The summed E-state index contributed by atoms with van der Waals surface area (Å²) in [6.45, 7) is 3.08. The molecule has 0 saturated carbocycles. The summed E-state index contributed by atoms with van der Waals surface area (Å²) in [6.07, 6.45) is 7.43. The third-order valence-electron chi connectivity index (χ3n) is 2.79. The van der Waals surface area contributed by atoms with Crippen LogP contribution in [-0.4, -0.2) is 37.9 Å². The lowest BCUT2D eigenvalue weighted by molar-refractivity contribution is -0.826. The number of aliphatic imine (C=N–C) groups is 1. The number of quaternary nitrogens is 1. The van der Waals surface area contributed by atoms with Crippen molar-refractivity contribution < 1.29 is 28.9 Å². The summed E-state index contributed by atoms with van der Waals surface area (Å²) in [4.78, 5) is 8.22. The van der Waals surface area contributed by atoms with Gasteiger partial charge in [0.1, 0.15) is 6.20 Å². The predicted molar refractivity (Wildman–Crippen MR) is 71.1 cm³/mol. The lowest BCUT2D eigenvalue weighted by Crippen LogP contribution is -3.03. The van der Waals surface area contributed by atoms with Crippen molar-refractivity contribution >= 4 is 6.21 Å². The number of hydrogen-bond acceptors (Lipinski definition) is 2. The fourth-order valence-electron chi connectivity index (χ4n) is 1.89. The van der Waals surface area contributed by atoms with Crippen LogP contribution >= 0.6 is 0 Å². The fourth-order valence-corrected chi connectivity index (χ4v) is 1.89. The van der Waals surface area contributed by atoms with Crippen molar-refractivity contribution in [3.8, 4) is 0 Å². The normalized spacial score (nSPS) is 18.3. The molecule has 1 aliphatic rings. The molecule has 1 aliphatic heterocycles. The summed E-state index contributed by atoms with van der Waals surface area (Å²) in [5, 5.41) is 0. The van der Waals surface area contributed by atoms with E-state index in [9.17, 15) is 0 Å². The molecular weight excluding hydrogens is 337 g/mol. The second-order valence-electron chi connectivity index (χ2n) is 4.43. The fraction of sp³-hybridized carbons (Fsp3) is 0.357. The van der Waals surface area contributed by atoms with Crippen LogP contribution in [0.25, 0.3) is 0 Å². The Kier molecular flexibility index (Phi) is 6.97. The zero-order valence-electron chi connectivity index (χ0n) is 10.7. The van der Waals surface area contributed by atoms with Crippen molar-refractivity contribution in [2.24, 2.45) is 4.99 Å². The van der Waals surface area contributed by atoms with Gasteiger partial charge in [0.2, 0.25) is 0 Å². The Morgan fingerprint density at radius 3 is 2.78 bits per heavy atom. The largest absolute Gasteiger partial charge is 1.00 e. The predicted octanol–water partition coefficient (Wildman–Crippen LogP) is -2.24. The van der Waals surface area contributed by atoms with Gasteiger partial charge < -0.3 is 28.9 Å². The van der Waals surface area contributed by atoms with Gasteiger partial charge in [0.05, 0.1) is 13.2 Å². The van der Waals surface area contributed by atoms with Crippen molar-refractivity contribution in [3.05, 3.63) is 48.3 Å². The number of nitrogens with one attached hydrogen (secondary N) is 1. The Labute approximate surface area is 126 Å². The van der Waals surface area contributed by atoms with E-state index in [4.69, 9.17) is 0 Å². The first-order chi connectivity index (χ1) is 8.34. The molecule has 1 aromatic rings. The minimum absolute atomic E-state index is 0. The van der Waals surface area contributed by atoms with E-state index >= 15 is 0 Å². The third-order valence-corrected chi connectivity index (χ3v) is 2.79. The van der Waals surface area contributed by atoms with Crippen LogP contribution in [0.2, 0.25) is 0 Å². The topological polar surface area (TPSA) is 20.0 Å². The van der Waals surface area contributed by atoms with E-state index in [-0.39, 0.29) is 24.0 Å². The third kappa shape index (κ3) is 5.18. The first-order valence-electron chi connectivity index (χ1n) is 6.14. The highest BCUT2D eigenvalue weighted by atomic mass is 127. The van der Waals surface area contributed by atoms with Crippen molar-refractivity contribution in [1.29, 1.82) is 0 Å². The summed E-state index contributed by atoms with van der Waals surface area (Å²) >= 11 is 0. The molecule has 0 fully saturated rings. The van der Waals surface area contributed by atoms with Gasteiger partial charge in [-0.05, 0) is 12.0 Å². The maximum atomic E-state index is 4.44. The molecule has 1 heterocycles. The van der Waals surface area contributed by atoms with E-state index in [1.54, 1.807) is 0 Å². The average Bonchev–Trinajstić information content (AvgIpc) is 2.76. The quantitative estimate of drug-likeness (QED) is 0.359. The van der Waals surface area contributed by atoms with Gasteiger partial charge in [-0.15, -0.1) is 0 Å². The van der Waals surface area contributed by atoms with E-state index in [0.717, 1.165) is 26.2 Å². The molecule has 0 amide bonds. The minimum atomic E-state index is 0. The van der Waals surface area contributed by atoms with Gasteiger partial charge in [0.25, 0.3) is 0 Å². The minimum Gasteiger partial charge on any atom is -1.00 e. The summed E-state index contributed by atoms with van der Waals surface area (Å²) < 4.78 is 0. The Morgan fingerprint density at radius 2 is 2.11 bits per heavy atom. The molecule has 2 rings (SSSR count). The van der Waals surface area contributed by atoms with Crippen LogP contribution in [0, 0.1) is 0 Å². The molecule has 3 nitrogen and oxygen atoms in total. The highest BCUT2D eigenvalue weighted by Crippen LogP contribution is 1.96. The first-order valence-corrected chi connectivity index (χ1v) is 6.14. The molecule has 98 valence electrons. The van der Waals surface area contributed by atoms with Crippen LogP contribution in [-0.2, 0) is 0 Å². The molecule has 18 heavy (non-hydrogen) atoms. The van der Waals surface area contributed by atoms with Gasteiger partial charge in [-0.3, -0.25) is 9.89 Å². The molecule has 0 bridgehead atoms. The van der Waals surface area contributed by atoms with Gasteiger partial charge in [-0.1, -0.05) is 30.3 Å². The molecule has 0 aromatic heterocycles. The molecule has 0 saturated heterocycles. The Bertz CT molecular complexity index is 389. The van der Waals surface area contributed by atoms with Crippen LogP contribution in [0.4, 0.5) is 0 Å². The molecule has 1 atom stereocenters. The first kappa shape index (κ1) is 15.2. The van der Waals surface area contributed by atoms with Gasteiger partial charge in [-0.2, -0.15) is 0 Å². The lowest BCUT2D eigenvalue weighted by Gasteiger charge is -2.13. The maximum Gasteiger partial charge on any atom is 0.156 e. The Balaban J connectivity index is 0.00000162. The number of benzene rings is 1. The van der Waals surface area contributed by atoms with E-state index in [1.165, 1.54) is 10.5 Å². The molecule has 4 heteroatoms. The average molecular weight is 357 g/mol. The van der Waals surface area contributed by atoms with Crippen LogP contribution in [0.3, 0.4) is 0 Å². The van der Waals surface area contributed by atoms with Crippen molar-refractivity contribution in [2.75, 3.05) is 26.8 Å². The van der Waals surface area contributed by atoms with E-state index in [2.05, 4.69) is 41.5 Å². The Hall–Kier alpha value is -0.880. The Morgan fingerprint density at radius 1 is 1.33 bits per heavy atom. The van der Waals surface area contributed by atoms with E-state index < -0.39 is 0 Å². The smallest absolute Gasteiger partial charge is 0.156 e. The van der Waals surface area contributed by atoms with Crippen molar-refractivity contribution in [2.45, 2.75) is 6.42 Å². The summed E-state index contributed by atoms with van der Waals surface area (Å²) in [6, 6.07) is 10.2. The van der Waals surface area contributed by atoms with Crippen molar-refractivity contribution in [3.63, 3.8) is 0 Å². The van der Waals surface area contributed by atoms with Gasteiger partial charge >= 0.3 is 0 Å². The zero-order valence-corrected chi connectivity index (χ0v) is 12.9. The zero-order chi connectivity index (χ0) is 11.9. The van der Waals surface area contributed by atoms with Crippen molar-refractivity contribution in [1.82, 2.24) is 4.90 Å². The van der Waals surface area contributed by atoms with Gasteiger partial charge in [-0.25, -0.2) is 0 Å². The summed E-state index contributed by atoms with van der Waals surface area (Å²) in [5.41, 5.74) is 1.18. The molecule has 1 N–H and O–H groups in total. The van der Waals surface area contributed by atoms with Gasteiger partial charge in [0, 0.05) is 19.3 Å². The van der Waals surface area contributed by atoms with Crippen LogP contribution in [0.15, 0.2) is 47.7 Å². The molecule has 1 aromatic carbocycles. The van der Waals surface area contributed by atoms with E-state index in [1.807, 2.05) is 24.4 Å². The monoisotopic (exact) mass is 357 g/mol. The molecular formula is C14H20IN3. The molecule has 1 unspecified atom stereocenters. The second-order valence-corrected chi connectivity index (χ2v) is 4.43. The maximum absolute atomic E-state index is 4.44. The highest BCUT2D eigenvalue weighted by molar-refractivity contribution is 5.79. The standard InChI is InChI=1S/C14H19N3.HI/c1-16-10-11-17(13-16)9-5-8-15-12-14-6-3-2-4-7-14;/h2-4,6-7,10-12H,5,8-9,13H2,1H3;1H. The summed E-state index contributed by atoms with van der Waals surface area (Å²) in [7, 11) is 2.17. The highest BCUT2D eigenvalue weighted by Gasteiger charge is 2.10. The van der Waals surface area contributed by atoms with Crippen LogP contribution < -0.4 is 28.9 Å². The van der Waals surface area contributed by atoms with Crippen LogP contribution in [0.5, 0.6) is 0 Å². The number of halogens is 1.